The maximum Gasteiger partial charge on any atom is 0.0550 e. The molecule has 0 N–H and O–H groups in total. The fraction of sp³-hybridized carbons (Fsp3) is 0.0769. The van der Waals surface area contributed by atoms with Gasteiger partial charge in [0, 0.05) is 20.4 Å². The van der Waals surface area contributed by atoms with E-state index in [1.165, 1.54) is 24.7 Å². The molecule has 1 nitrogen and oxygen atoms in total. The summed E-state index contributed by atoms with van der Waals surface area (Å²) >= 11 is 4.21. The molecule has 0 amide bonds. The largest absolute Gasteiger partial charge is 0.343 e. The monoisotopic (exact) mass is 339 g/mol. The lowest BCUT2D eigenvalue weighted by atomic mass is 10.2. The zero-order valence-corrected chi connectivity index (χ0v) is 11.7. The number of hydrogen-bond donors (Lipinski definition) is 0. The van der Waals surface area contributed by atoms with Crippen LogP contribution in [-0.4, -0.2) is 7.05 Å². The fourth-order valence-electron chi connectivity index (χ4n) is 1.92. The molecule has 2 aromatic carbocycles. The minimum atomic E-state index is 1.29. The maximum atomic E-state index is 2.36. The van der Waals surface area contributed by atoms with E-state index in [2.05, 4.69) is 77.0 Å². The third-order valence-electron chi connectivity index (χ3n) is 2.73. The van der Waals surface area contributed by atoms with Gasteiger partial charge in [0.1, 0.15) is 0 Å². The summed E-state index contributed by atoms with van der Waals surface area (Å²) in [5, 5.41) is 0. The maximum absolute atomic E-state index is 2.36. The molecule has 1 aliphatic heterocycles. The van der Waals surface area contributed by atoms with Crippen molar-refractivity contribution in [2.24, 2.45) is 0 Å². The Morgan fingerprint density at radius 3 is 2.62 bits per heavy atom. The lowest BCUT2D eigenvalue weighted by Crippen LogP contribution is -2.14. The highest BCUT2D eigenvalue weighted by molar-refractivity contribution is 14.1. The molecule has 0 bridgehead atoms. The van der Waals surface area contributed by atoms with Crippen molar-refractivity contribution in [3.8, 4) is 0 Å². The van der Waals surface area contributed by atoms with Crippen LogP contribution in [0.5, 0.6) is 0 Å². The van der Waals surface area contributed by atoms with Gasteiger partial charge in [-0.1, -0.05) is 23.9 Å². The standard InChI is InChI=1S/C13H10INS/c1-15-10-4-2-3-5-12(10)16-13-8-9(14)6-7-11(13)15/h2-8H,1H3. The second-order valence-electron chi connectivity index (χ2n) is 3.74. The molecule has 0 atom stereocenters. The highest BCUT2D eigenvalue weighted by Gasteiger charge is 2.19. The Morgan fingerprint density at radius 1 is 1.00 bits per heavy atom. The minimum Gasteiger partial charge on any atom is -0.343 e. The van der Waals surface area contributed by atoms with Crippen LogP contribution in [0.15, 0.2) is 52.3 Å². The minimum absolute atomic E-state index is 1.29. The van der Waals surface area contributed by atoms with Gasteiger partial charge in [0.25, 0.3) is 0 Å². The molecule has 0 aromatic heterocycles. The fourth-order valence-corrected chi connectivity index (χ4v) is 3.81. The number of fused-ring (bicyclic) bond motifs is 2. The summed E-state index contributed by atoms with van der Waals surface area (Å²) in [4.78, 5) is 4.93. The number of halogens is 1. The average Bonchev–Trinajstić information content (AvgIpc) is 2.29. The Morgan fingerprint density at radius 2 is 1.75 bits per heavy atom. The zero-order valence-electron chi connectivity index (χ0n) is 8.77. The molecule has 80 valence electrons. The Kier molecular flexibility index (Phi) is 2.59. The molecule has 0 aliphatic carbocycles. The summed E-state index contributed by atoms with van der Waals surface area (Å²) in [5.41, 5.74) is 2.59. The van der Waals surface area contributed by atoms with Gasteiger partial charge >= 0.3 is 0 Å². The number of hydrogen-bond acceptors (Lipinski definition) is 2. The predicted octanol–water partition coefficient (Wildman–Crippen LogP) is 4.52. The highest BCUT2D eigenvalue weighted by Crippen LogP contribution is 2.47. The Balaban J connectivity index is 2.18. The van der Waals surface area contributed by atoms with Crippen LogP contribution in [-0.2, 0) is 0 Å². The number of anilines is 2. The van der Waals surface area contributed by atoms with Gasteiger partial charge in [-0.05, 0) is 52.9 Å². The Bertz CT molecular complexity index is 553. The van der Waals surface area contributed by atoms with Gasteiger partial charge in [-0.2, -0.15) is 0 Å². The third-order valence-corrected chi connectivity index (χ3v) is 4.51. The summed E-state index contributed by atoms with van der Waals surface area (Å²) < 4.78 is 1.29. The van der Waals surface area contributed by atoms with E-state index >= 15 is 0 Å². The van der Waals surface area contributed by atoms with Crippen LogP contribution >= 0.6 is 34.4 Å². The number of para-hydroxylation sites is 1. The quantitative estimate of drug-likeness (QED) is 0.649. The molecule has 0 saturated carbocycles. The van der Waals surface area contributed by atoms with Gasteiger partial charge in [-0.25, -0.2) is 0 Å². The van der Waals surface area contributed by atoms with Gasteiger partial charge in [0.2, 0.25) is 0 Å². The number of nitrogens with zero attached hydrogens (tertiary/aromatic N) is 1. The van der Waals surface area contributed by atoms with Crippen molar-refractivity contribution in [3.63, 3.8) is 0 Å². The first kappa shape index (κ1) is 10.5. The summed E-state index contributed by atoms with van der Waals surface area (Å²) in [5.74, 6) is 0. The summed E-state index contributed by atoms with van der Waals surface area (Å²) in [6.07, 6.45) is 0. The molecule has 16 heavy (non-hydrogen) atoms. The van der Waals surface area contributed by atoms with Gasteiger partial charge < -0.3 is 4.90 Å². The lowest BCUT2D eigenvalue weighted by Gasteiger charge is -2.29. The lowest BCUT2D eigenvalue weighted by molar-refractivity contribution is 1.11. The van der Waals surface area contributed by atoms with Gasteiger partial charge in [0.05, 0.1) is 11.4 Å². The van der Waals surface area contributed by atoms with E-state index in [4.69, 9.17) is 0 Å². The van der Waals surface area contributed by atoms with E-state index in [0.717, 1.165) is 0 Å². The summed E-state index contributed by atoms with van der Waals surface area (Å²) in [6, 6.07) is 15.1. The highest BCUT2D eigenvalue weighted by atomic mass is 127. The van der Waals surface area contributed by atoms with Crippen LogP contribution < -0.4 is 4.90 Å². The number of rotatable bonds is 0. The van der Waals surface area contributed by atoms with Crippen LogP contribution in [0.3, 0.4) is 0 Å². The van der Waals surface area contributed by atoms with Crippen molar-refractivity contribution in [3.05, 3.63) is 46.0 Å². The molecular weight excluding hydrogens is 329 g/mol. The molecule has 0 fully saturated rings. The predicted molar refractivity (Wildman–Crippen MR) is 77.8 cm³/mol. The Labute approximate surface area is 113 Å². The van der Waals surface area contributed by atoms with Crippen LogP contribution in [0.2, 0.25) is 0 Å². The van der Waals surface area contributed by atoms with E-state index in [1.807, 2.05) is 11.8 Å². The van der Waals surface area contributed by atoms with Crippen LogP contribution in [0.25, 0.3) is 0 Å². The van der Waals surface area contributed by atoms with Crippen molar-refractivity contribution in [2.45, 2.75) is 9.79 Å². The zero-order chi connectivity index (χ0) is 11.1. The van der Waals surface area contributed by atoms with Gasteiger partial charge in [0.15, 0.2) is 0 Å². The molecular formula is C13H10INS. The van der Waals surface area contributed by atoms with Crippen molar-refractivity contribution < 1.29 is 0 Å². The second-order valence-corrected chi connectivity index (χ2v) is 6.07. The van der Waals surface area contributed by atoms with Crippen LogP contribution in [0, 0.1) is 3.57 Å². The smallest absolute Gasteiger partial charge is 0.0550 e. The van der Waals surface area contributed by atoms with E-state index < -0.39 is 0 Å². The SMILES string of the molecule is CN1c2ccccc2Sc2cc(I)ccc21. The summed E-state index contributed by atoms with van der Waals surface area (Å²) in [7, 11) is 2.13. The molecule has 0 saturated heterocycles. The van der Waals surface area contributed by atoms with Crippen molar-refractivity contribution in [1.29, 1.82) is 0 Å². The van der Waals surface area contributed by atoms with Gasteiger partial charge in [-0.3, -0.25) is 0 Å². The normalized spacial score (nSPS) is 13.2. The van der Waals surface area contributed by atoms with E-state index in [-0.39, 0.29) is 0 Å². The van der Waals surface area contributed by atoms with Crippen molar-refractivity contribution in [2.75, 3.05) is 11.9 Å². The molecule has 0 radical (unpaired) electrons. The molecule has 0 unspecified atom stereocenters. The first-order valence-corrected chi connectivity index (χ1v) is 6.95. The average molecular weight is 339 g/mol. The Hall–Kier alpha value is -0.680. The van der Waals surface area contributed by atoms with E-state index in [0.29, 0.717) is 0 Å². The van der Waals surface area contributed by atoms with E-state index in [1.54, 1.807) is 0 Å². The topological polar surface area (TPSA) is 3.24 Å². The molecule has 1 aliphatic rings. The molecule has 3 rings (SSSR count). The molecule has 1 heterocycles. The van der Waals surface area contributed by atoms with Crippen molar-refractivity contribution >= 4 is 45.7 Å². The van der Waals surface area contributed by atoms with Crippen molar-refractivity contribution in [1.82, 2.24) is 0 Å². The third kappa shape index (κ3) is 1.62. The second kappa shape index (κ2) is 3.96. The first-order valence-electron chi connectivity index (χ1n) is 5.06. The molecule has 2 aromatic rings. The van der Waals surface area contributed by atoms with Gasteiger partial charge in [-0.15, -0.1) is 0 Å². The number of benzene rings is 2. The van der Waals surface area contributed by atoms with Crippen LogP contribution in [0.4, 0.5) is 11.4 Å². The first-order chi connectivity index (χ1) is 7.75. The summed E-state index contributed by atoms with van der Waals surface area (Å²) in [6.45, 7) is 0. The molecule has 0 spiro atoms. The molecule has 3 heteroatoms. The van der Waals surface area contributed by atoms with Crippen LogP contribution in [0.1, 0.15) is 0 Å². The van der Waals surface area contributed by atoms with E-state index in [9.17, 15) is 0 Å².